The summed E-state index contributed by atoms with van der Waals surface area (Å²) in [7, 11) is 3.18. The number of aromatic nitrogens is 1. The fourth-order valence-corrected chi connectivity index (χ4v) is 1.94. The van der Waals surface area contributed by atoms with Gasteiger partial charge in [0.25, 0.3) is 0 Å². The third-order valence-corrected chi connectivity index (χ3v) is 2.94. The SMILES string of the molecule is COc1cccc(CC(=O)Cc2ccc(OC)nc2)c1. The fourth-order valence-electron chi connectivity index (χ4n) is 1.94. The maximum Gasteiger partial charge on any atom is 0.212 e. The molecule has 0 atom stereocenters. The summed E-state index contributed by atoms with van der Waals surface area (Å²) < 4.78 is 10.1. The van der Waals surface area contributed by atoms with Gasteiger partial charge in [-0.3, -0.25) is 4.79 Å². The lowest BCUT2D eigenvalue weighted by atomic mass is 10.0. The van der Waals surface area contributed by atoms with Crippen molar-refractivity contribution in [2.45, 2.75) is 12.8 Å². The molecule has 1 aromatic heterocycles. The molecule has 0 aliphatic heterocycles. The van der Waals surface area contributed by atoms with Gasteiger partial charge >= 0.3 is 0 Å². The molecule has 104 valence electrons. The highest BCUT2D eigenvalue weighted by Gasteiger charge is 2.07. The van der Waals surface area contributed by atoms with Crippen LogP contribution >= 0.6 is 0 Å². The number of Topliss-reactive ketones (excluding diaryl/α,β-unsaturated/α-hetero) is 1. The van der Waals surface area contributed by atoms with Crippen LogP contribution < -0.4 is 9.47 Å². The molecule has 0 radical (unpaired) electrons. The minimum Gasteiger partial charge on any atom is -0.497 e. The first-order valence-electron chi connectivity index (χ1n) is 6.35. The summed E-state index contributed by atoms with van der Waals surface area (Å²) in [6, 6.07) is 11.2. The van der Waals surface area contributed by atoms with Crippen molar-refractivity contribution in [1.82, 2.24) is 4.98 Å². The molecule has 0 fully saturated rings. The molecule has 0 N–H and O–H groups in total. The summed E-state index contributed by atoms with van der Waals surface area (Å²) >= 11 is 0. The Kier molecular flexibility index (Phi) is 4.71. The summed E-state index contributed by atoms with van der Waals surface area (Å²) in [4.78, 5) is 16.1. The second kappa shape index (κ2) is 6.70. The van der Waals surface area contributed by atoms with Crippen molar-refractivity contribution in [3.05, 3.63) is 53.7 Å². The molecule has 1 aromatic carbocycles. The number of rotatable bonds is 6. The topological polar surface area (TPSA) is 48.4 Å². The van der Waals surface area contributed by atoms with Gasteiger partial charge in [0.1, 0.15) is 11.5 Å². The molecule has 0 aliphatic rings. The van der Waals surface area contributed by atoms with Crippen LogP contribution in [0.15, 0.2) is 42.6 Å². The van der Waals surface area contributed by atoms with Crippen LogP contribution in [-0.2, 0) is 17.6 Å². The molecule has 0 unspecified atom stereocenters. The minimum absolute atomic E-state index is 0.144. The van der Waals surface area contributed by atoms with Gasteiger partial charge in [-0.1, -0.05) is 18.2 Å². The average molecular weight is 271 g/mol. The van der Waals surface area contributed by atoms with E-state index in [0.29, 0.717) is 18.7 Å². The standard InChI is InChI=1S/C16H17NO3/c1-19-15-5-3-4-12(10-15)8-14(18)9-13-6-7-16(20-2)17-11-13/h3-7,10-11H,8-9H2,1-2H3. The summed E-state index contributed by atoms with van der Waals surface area (Å²) in [5.41, 5.74) is 1.84. The van der Waals surface area contributed by atoms with Gasteiger partial charge < -0.3 is 9.47 Å². The highest BCUT2D eigenvalue weighted by atomic mass is 16.5. The number of pyridine rings is 1. The van der Waals surface area contributed by atoms with Gasteiger partial charge in [0.15, 0.2) is 0 Å². The van der Waals surface area contributed by atoms with Gasteiger partial charge in [0, 0.05) is 25.1 Å². The molecule has 2 rings (SSSR count). The Morgan fingerprint density at radius 1 is 1.05 bits per heavy atom. The van der Waals surface area contributed by atoms with Crippen molar-refractivity contribution in [2.24, 2.45) is 0 Å². The first-order chi connectivity index (χ1) is 9.71. The van der Waals surface area contributed by atoms with Crippen molar-refractivity contribution in [1.29, 1.82) is 0 Å². The van der Waals surface area contributed by atoms with Crippen molar-refractivity contribution >= 4 is 5.78 Å². The number of carbonyl (C=O) groups excluding carboxylic acids is 1. The second-order valence-electron chi connectivity index (χ2n) is 4.45. The van der Waals surface area contributed by atoms with Gasteiger partial charge in [0.05, 0.1) is 14.2 Å². The van der Waals surface area contributed by atoms with Crippen molar-refractivity contribution in [3.8, 4) is 11.6 Å². The van der Waals surface area contributed by atoms with Crippen LogP contribution in [0.1, 0.15) is 11.1 Å². The molecule has 0 saturated heterocycles. The molecule has 1 heterocycles. The van der Waals surface area contributed by atoms with Gasteiger partial charge in [-0.2, -0.15) is 0 Å². The predicted octanol–water partition coefficient (Wildman–Crippen LogP) is 2.45. The van der Waals surface area contributed by atoms with Crippen LogP contribution in [0.5, 0.6) is 11.6 Å². The van der Waals surface area contributed by atoms with E-state index >= 15 is 0 Å². The molecule has 0 bridgehead atoms. The molecular weight excluding hydrogens is 254 g/mol. The Morgan fingerprint density at radius 2 is 1.85 bits per heavy atom. The molecule has 0 saturated carbocycles. The van der Waals surface area contributed by atoms with E-state index in [2.05, 4.69) is 4.98 Å². The summed E-state index contributed by atoms with van der Waals surface area (Å²) in [5.74, 6) is 1.46. The molecule has 2 aromatic rings. The van der Waals surface area contributed by atoms with Crippen LogP contribution in [0.25, 0.3) is 0 Å². The zero-order chi connectivity index (χ0) is 14.4. The van der Waals surface area contributed by atoms with Crippen LogP contribution in [0.3, 0.4) is 0 Å². The Balaban J connectivity index is 1.97. The molecule has 0 amide bonds. The lowest BCUT2D eigenvalue weighted by Crippen LogP contribution is -2.07. The summed E-state index contributed by atoms with van der Waals surface area (Å²) in [5, 5.41) is 0. The predicted molar refractivity (Wildman–Crippen MR) is 76.2 cm³/mol. The van der Waals surface area contributed by atoms with Gasteiger partial charge in [-0.25, -0.2) is 4.98 Å². The van der Waals surface area contributed by atoms with Gasteiger partial charge in [-0.15, -0.1) is 0 Å². The van der Waals surface area contributed by atoms with Gasteiger partial charge in [0.2, 0.25) is 5.88 Å². The molecule has 20 heavy (non-hydrogen) atoms. The molecular formula is C16H17NO3. The molecule has 4 heteroatoms. The molecule has 4 nitrogen and oxygen atoms in total. The van der Waals surface area contributed by atoms with E-state index in [9.17, 15) is 4.79 Å². The zero-order valence-electron chi connectivity index (χ0n) is 11.6. The molecule has 0 spiro atoms. The quantitative estimate of drug-likeness (QED) is 0.809. The van der Waals surface area contributed by atoms with E-state index in [0.717, 1.165) is 16.9 Å². The number of ketones is 1. The highest BCUT2D eigenvalue weighted by Crippen LogP contribution is 2.14. The number of methoxy groups -OCH3 is 2. The van der Waals surface area contributed by atoms with E-state index in [4.69, 9.17) is 9.47 Å². The number of carbonyl (C=O) groups is 1. The third kappa shape index (κ3) is 3.82. The smallest absolute Gasteiger partial charge is 0.212 e. The molecule has 0 aliphatic carbocycles. The number of hydrogen-bond acceptors (Lipinski definition) is 4. The van der Waals surface area contributed by atoms with Crippen LogP contribution in [0.2, 0.25) is 0 Å². The third-order valence-electron chi connectivity index (χ3n) is 2.94. The van der Waals surface area contributed by atoms with Crippen LogP contribution in [-0.4, -0.2) is 25.0 Å². The highest BCUT2D eigenvalue weighted by molar-refractivity contribution is 5.83. The van der Waals surface area contributed by atoms with E-state index in [1.165, 1.54) is 0 Å². The Hall–Kier alpha value is -2.36. The summed E-state index contributed by atoms with van der Waals surface area (Å²) in [6.45, 7) is 0. The van der Waals surface area contributed by atoms with E-state index in [-0.39, 0.29) is 5.78 Å². The normalized spacial score (nSPS) is 10.1. The first-order valence-corrected chi connectivity index (χ1v) is 6.35. The maximum absolute atomic E-state index is 12.0. The van der Waals surface area contributed by atoms with Crippen LogP contribution in [0, 0.1) is 0 Å². The zero-order valence-corrected chi connectivity index (χ0v) is 11.6. The number of nitrogens with zero attached hydrogens (tertiary/aromatic N) is 1. The Bertz CT molecular complexity index is 579. The maximum atomic E-state index is 12.0. The Labute approximate surface area is 118 Å². The largest absolute Gasteiger partial charge is 0.497 e. The monoisotopic (exact) mass is 271 g/mol. The van der Waals surface area contributed by atoms with E-state index < -0.39 is 0 Å². The van der Waals surface area contributed by atoms with Crippen molar-refractivity contribution < 1.29 is 14.3 Å². The van der Waals surface area contributed by atoms with E-state index in [1.807, 2.05) is 30.3 Å². The fraction of sp³-hybridized carbons (Fsp3) is 0.250. The second-order valence-corrected chi connectivity index (χ2v) is 4.45. The van der Waals surface area contributed by atoms with Gasteiger partial charge in [-0.05, 0) is 23.3 Å². The Morgan fingerprint density at radius 3 is 2.50 bits per heavy atom. The lowest BCUT2D eigenvalue weighted by molar-refractivity contribution is -0.117. The number of benzene rings is 1. The number of hydrogen-bond donors (Lipinski definition) is 0. The number of ether oxygens (including phenoxy) is 2. The van der Waals surface area contributed by atoms with Crippen molar-refractivity contribution in [2.75, 3.05) is 14.2 Å². The average Bonchev–Trinajstić information content (AvgIpc) is 2.48. The van der Waals surface area contributed by atoms with Crippen molar-refractivity contribution in [3.63, 3.8) is 0 Å². The first kappa shape index (κ1) is 14.1. The minimum atomic E-state index is 0.144. The van der Waals surface area contributed by atoms with Crippen LogP contribution in [0.4, 0.5) is 0 Å². The van der Waals surface area contributed by atoms with E-state index in [1.54, 1.807) is 26.5 Å². The lowest BCUT2D eigenvalue weighted by Gasteiger charge is -2.05. The summed E-state index contributed by atoms with van der Waals surface area (Å²) in [6.07, 6.45) is 2.43.